The Hall–Kier alpha value is -1.99. The summed E-state index contributed by atoms with van der Waals surface area (Å²) in [5.41, 5.74) is 0.959. The molecule has 122 valence electrons. The van der Waals surface area contributed by atoms with Gasteiger partial charge in [0.05, 0.1) is 11.9 Å². The molecule has 6 nitrogen and oxygen atoms in total. The third-order valence-corrected chi connectivity index (χ3v) is 4.45. The lowest BCUT2D eigenvalue weighted by atomic mass is 10.0. The Labute approximate surface area is 139 Å². The number of amides is 1. The van der Waals surface area contributed by atoms with Crippen LogP contribution in [0.2, 0.25) is 0 Å². The van der Waals surface area contributed by atoms with Gasteiger partial charge in [0.2, 0.25) is 0 Å². The molecular formula is C15H17ClFN5O. The Morgan fingerprint density at radius 3 is 2.48 bits per heavy atom. The van der Waals surface area contributed by atoms with Crippen LogP contribution in [0.1, 0.15) is 10.5 Å². The Balaban J connectivity index is 0.00000156. The van der Waals surface area contributed by atoms with Gasteiger partial charge >= 0.3 is 0 Å². The summed E-state index contributed by atoms with van der Waals surface area (Å²) in [5, 5.41) is 11.7. The molecule has 0 spiro atoms. The van der Waals surface area contributed by atoms with Gasteiger partial charge in [0, 0.05) is 26.2 Å². The fraction of sp³-hybridized carbons (Fsp3) is 0.400. The Morgan fingerprint density at radius 1 is 1.17 bits per heavy atom. The molecule has 0 aliphatic carbocycles. The third-order valence-electron chi connectivity index (χ3n) is 4.45. The first-order valence-electron chi connectivity index (χ1n) is 7.39. The molecule has 23 heavy (non-hydrogen) atoms. The highest BCUT2D eigenvalue weighted by atomic mass is 35.5. The van der Waals surface area contributed by atoms with E-state index in [9.17, 15) is 9.18 Å². The van der Waals surface area contributed by atoms with E-state index in [0.29, 0.717) is 23.2 Å². The molecule has 2 fully saturated rings. The molecule has 0 radical (unpaired) electrons. The SMILES string of the molecule is Cl.O=C(c1cnn(-c2ccc(F)cc2)n1)N1C[C@H]2CNC[C@H]2C1. The van der Waals surface area contributed by atoms with Crippen molar-refractivity contribution in [1.29, 1.82) is 0 Å². The normalized spacial score (nSPS) is 22.7. The van der Waals surface area contributed by atoms with E-state index in [4.69, 9.17) is 0 Å². The Kier molecular flexibility index (Phi) is 4.32. The summed E-state index contributed by atoms with van der Waals surface area (Å²) in [6.45, 7) is 3.52. The number of nitrogens with one attached hydrogen (secondary N) is 1. The summed E-state index contributed by atoms with van der Waals surface area (Å²) >= 11 is 0. The lowest BCUT2D eigenvalue weighted by Crippen LogP contribution is -2.32. The summed E-state index contributed by atoms with van der Waals surface area (Å²) in [6.07, 6.45) is 1.47. The quantitative estimate of drug-likeness (QED) is 0.892. The van der Waals surface area contributed by atoms with Crippen molar-refractivity contribution in [3.8, 4) is 5.69 Å². The van der Waals surface area contributed by atoms with Crippen molar-refractivity contribution in [2.75, 3.05) is 26.2 Å². The Bertz CT molecular complexity index is 692. The number of carbonyl (C=O) groups excluding carboxylic acids is 1. The van der Waals surface area contributed by atoms with E-state index >= 15 is 0 Å². The standard InChI is InChI=1S/C15H16FN5O.ClH/c16-12-1-3-13(4-2-12)21-18-7-14(19-21)15(22)20-8-10-5-17-6-11(10)9-20;/h1-4,7,10-11,17H,5-6,8-9H2;1H/t10-,11+;. The van der Waals surface area contributed by atoms with Gasteiger partial charge in [-0.1, -0.05) is 0 Å². The molecule has 1 aromatic carbocycles. The van der Waals surface area contributed by atoms with Crippen molar-refractivity contribution >= 4 is 18.3 Å². The van der Waals surface area contributed by atoms with Crippen molar-refractivity contribution < 1.29 is 9.18 Å². The maximum atomic E-state index is 12.9. The van der Waals surface area contributed by atoms with Gasteiger partial charge in [-0.05, 0) is 36.1 Å². The van der Waals surface area contributed by atoms with Gasteiger partial charge in [-0.15, -0.1) is 17.5 Å². The molecule has 4 rings (SSSR count). The minimum absolute atomic E-state index is 0. The molecule has 0 saturated carbocycles. The van der Waals surface area contributed by atoms with E-state index in [0.717, 1.165) is 26.2 Å². The fourth-order valence-electron chi connectivity index (χ4n) is 3.24. The number of nitrogens with zero attached hydrogens (tertiary/aromatic N) is 4. The number of halogens is 2. The average Bonchev–Trinajstić information content (AvgIpc) is 3.22. The first-order valence-corrected chi connectivity index (χ1v) is 7.39. The predicted molar refractivity (Wildman–Crippen MR) is 84.3 cm³/mol. The van der Waals surface area contributed by atoms with Crippen LogP contribution in [0.3, 0.4) is 0 Å². The zero-order valence-corrected chi connectivity index (χ0v) is 13.2. The van der Waals surface area contributed by atoms with Gasteiger partial charge in [0.25, 0.3) is 5.91 Å². The van der Waals surface area contributed by atoms with Crippen LogP contribution in [0.15, 0.2) is 30.5 Å². The second-order valence-electron chi connectivity index (χ2n) is 5.88. The number of likely N-dealkylation sites (tertiary alicyclic amines) is 1. The van der Waals surface area contributed by atoms with Crippen LogP contribution >= 0.6 is 12.4 Å². The van der Waals surface area contributed by atoms with E-state index < -0.39 is 0 Å². The number of rotatable bonds is 2. The summed E-state index contributed by atoms with van der Waals surface area (Å²) in [5.74, 6) is 0.708. The molecule has 0 unspecified atom stereocenters. The molecule has 1 amide bonds. The van der Waals surface area contributed by atoms with Gasteiger partial charge in [0.1, 0.15) is 5.82 Å². The number of aromatic nitrogens is 3. The predicted octanol–water partition coefficient (Wildman–Crippen LogP) is 1.12. The minimum atomic E-state index is -0.315. The highest BCUT2D eigenvalue weighted by Gasteiger charge is 2.38. The zero-order chi connectivity index (χ0) is 15.1. The molecule has 2 aliphatic heterocycles. The maximum absolute atomic E-state index is 12.9. The van der Waals surface area contributed by atoms with E-state index in [1.807, 2.05) is 4.90 Å². The highest BCUT2D eigenvalue weighted by molar-refractivity contribution is 5.92. The van der Waals surface area contributed by atoms with E-state index in [-0.39, 0.29) is 24.1 Å². The van der Waals surface area contributed by atoms with Crippen molar-refractivity contribution in [2.24, 2.45) is 11.8 Å². The summed E-state index contributed by atoms with van der Waals surface area (Å²) in [4.78, 5) is 15.7. The molecular weight excluding hydrogens is 321 g/mol. The van der Waals surface area contributed by atoms with Crippen molar-refractivity contribution in [1.82, 2.24) is 25.2 Å². The average molecular weight is 338 g/mol. The van der Waals surface area contributed by atoms with Crippen molar-refractivity contribution in [3.63, 3.8) is 0 Å². The largest absolute Gasteiger partial charge is 0.337 e. The minimum Gasteiger partial charge on any atom is -0.337 e. The molecule has 2 saturated heterocycles. The van der Waals surface area contributed by atoms with Crippen LogP contribution in [0.5, 0.6) is 0 Å². The van der Waals surface area contributed by atoms with Crippen molar-refractivity contribution in [2.45, 2.75) is 0 Å². The molecule has 0 bridgehead atoms. The second kappa shape index (κ2) is 6.25. The van der Waals surface area contributed by atoms with Crippen LogP contribution in [-0.4, -0.2) is 52.0 Å². The number of hydrogen-bond acceptors (Lipinski definition) is 4. The number of carbonyl (C=O) groups is 1. The summed E-state index contributed by atoms with van der Waals surface area (Å²) in [6, 6.07) is 5.84. The maximum Gasteiger partial charge on any atom is 0.276 e. The third kappa shape index (κ3) is 2.94. The molecule has 8 heteroatoms. The van der Waals surface area contributed by atoms with Gasteiger partial charge in [-0.3, -0.25) is 4.79 Å². The van der Waals surface area contributed by atoms with Gasteiger partial charge in [-0.25, -0.2) is 4.39 Å². The van der Waals surface area contributed by atoms with Crippen LogP contribution in [0, 0.1) is 17.7 Å². The lowest BCUT2D eigenvalue weighted by molar-refractivity contribution is 0.0775. The Morgan fingerprint density at radius 2 is 1.83 bits per heavy atom. The second-order valence-corrected chi connectivity index (χ2v) is 5.88. The molecule has 3 heterocycles. The summed E-state index contributed by atoms with van der Waals surface area (Å²) in [7, 11) is 0. The first kappa shape index (κ1) is 15.9. The van der Waals surface area contributed by atoms with Gasteiger partial charge in [-0.2, -0.15) is 9.90 Å². The molecule has 1 aromatic heterocycles. The highest BCUT2D eigenvalue weighted by Crippen LogP contribution is 2.27. The zero-order valence-electron chi connectivity index (χ0n) is 12.4. The monoisotopic (exact) mass is 337 g/mol. The molecule has 2 aromatic rings. The van der Waals surface area contributed by atoms with Crippen LogP contribution in [0.25, 0.3) is 5.69 Å². The number of fused-ring (bicyclic) bond motifs is 1. The van der Waals surface area contributed by atoms with E-state index in [1.54, 1.807) is 12.1 Å². The number of benzene rings is 1. The smallest absolute Gasteiger partial charge is 0.276 e. The first-order chi connectivity index (χ1) is 10.7. The fourth-order valence-corrected chi connectivity index (χ4v) is 3.24. The number of hydrogen-bond donors (Lipinski definition) is 1. The lowest BCUT2D eigenvalue weighted by Gasteiger charge is -2.15. The van der Waals surface area contributed by atoms with Crippen LogP contribution in [0.4, 0.5) is 4.39 Å². The summed E-state index contributed by atoms with van der Waals surface area (Å²) < 4.78 is 12.9. The van der Waals surface area contributed by atoms with Crippen LogP contribution < -0.4 is 5.32 Å². The molecule has 2 aliphatic rings. The van der Waals surface area contributed by atoms with E-state index in [1.165, 1.54) is 23.1 Å². The molecule has 2 atom stereocenters. The van der Waals surface area contributed by atoms with Crippen LogP contribution in [-0.2, 0) is 0 Å². The van der Waals surface area contributed by atoms with Crippen molar-refractivity contribution in [3.05, 3.63) is 42.0 Å². The van der Waals surface area contributed by atoms with Gasteiger partial charge < -0.3 is 10.2 Å². The molecule has 1 N–H and O–H groups in total. The van der Waals surface area contributed by atoms with E-state index in [2.05, 4.69) is 15.5 Å². The van der Waals surface area contributed by atoms with Gasteiger partial charge in [0.15, 0.2) is 5.69 Å². The topological polar surface area (TPSA) is 63.1 Å².